The number of aliphatic hydroxyl groups is 1. The first-order chi connectivity index (χ1) is 5.24. The molecule has 0 saturated heterocycles. The third-order valence-corrected chi connectivity index (χ3v) is 1.65. The van der Waals surface area contributed by atoms with E-state index in [4.69, 9.17) is 18.2 Å². The molecule has 0 spiro atoms. The maximum absolute atomic E-state index is 9.20. The van der Waals surface area contributed by atoms with Gasteiger partial charge < -0.3 is 5.11 Å². The monoisotopic (exact) mass is 167 g/mol. The molecular formula is C9H8ClO. The van der Waals surface area contributed by atoms with Gasteiger partial charge in [-0.2, -0.15) is 0 Å². The van der Waals surface area contributed by atoms with Crippen LogP contribution in [0.15, 0.2) is 30.3 Å². The largest absolute Gasteiger partial charge is 0.384 e. The second kappa shape index (κ2) is 3.56. The summed E-state index contributed by atoms with van der Waals surface area (Å²) in [5.41, 5.74) is 0.747. The molecule has 1 nitrogen and oxygen atoms in total. The highest BCUT2D eigenvalue weighted by atomic mass is 35.5. The molecule has 1 atom stereocenters. The molecule has 2 heteroatoms. The van der Waals surface area contributed by atoms with Gasteiger partial charge in [0, 0.05) is 5.02 Å². The van der Waals surface area contributed by atoms with Crippen molar-refractivity contribution in [3.63, 3.8) is 0 Å². The van der Waals surface area contributed by atoms with Crippen molar-refractivity contribution < 1.29 is 5.11 Å². The van der Waals surface area contributed by atoms with Crippen LogP contribution in [-0.2, 0) is 0 Å². The van der Waals surface area contributed by atoms with Crippen molar-refractivity contribution in [3.8, 4) is 0 Å². The molecule has 1 N–H and O–H groups in total. The molecule has 57 valence electrons. The molecule has 0 fully saturated rings. The van der Waals surface area contributed by atoms with Gasteiger partial charge in [0.15, 0.2) is 0 Å². The number of aliphatic hydroxyl groups excluding tert-OH is 1. The Morgan fingerprint density at radius 3 is 2.36 bits per heavy atom. The summed E-state index contributed by atoms with van der Waals surface area (Å²) >= 11 is 5.64. The number of halogens is 1. The van der Waals surface area contributed by atoms with E-state index in [-0.39, 0.29) is 0 Å². The van der Waals surface area contributed by atoms with Crippen LogP contribution >= 0.6 is 11.6 Å². The first-order valence-corrected chi connectivity index (χ1v) is 3.60. The lowest BCUT2D eigenvalue weighted by atomic mass is 10.1. The topological polar surface area (TPSA) is 20.2 Å². The number of hydrogen-bond acceptors (Lipinski definition) is 1. The summed E-state index contributed by atoms with van der Waals surface area (Å²) in [5.74, 6) is 0. The Morgan fingerprint density at radius 1 is 1.36 bits per heavy atom. The van der Waals surface area contributed by atoms with Crippen LogP contribution in [0.2, 0.25) is 5.02 Å². The van der Waals surface area contributed by atoms with Crippen LogP contribution in [0.25, 0.3) is 0 Å². The quantitative estimate of drug-likeness (QED) is 0.717. The predicted molar refractivity (Wildman–Crippen MR) is 45.3 cm³/mol. The number of hydrogen-bond donors (Lipinski definition) is 1. The van der Waals surface area contributed by atoms with Crippen LogP contribution in [0.4, 0.5) is 0 Å². The fraction of sp³-hybridized carbons (Fsp3) is 0.111. The number of rotatable bonds is 2. The van der Waals surface area contributed by atoms with Gasteiger partial charge in [-0.05, 0) is 17.7 Å². The molecule has 0 aliphatic carbocycles. The van der Waals surface area contributed by atoms with Crippen LogP contribution < -0.4 is 0 Å². The molecule has 1 unspecified atom stereocenters. The predicted octanol–water partition coefficient (Wildman–Crippen LogP) is 2.36. The first-order valence-electron chi connectivity index (χ1n) is 3.22. The Kier molecular flexibility index (Phi) is 2.69. The molecule has 11 heavy (non-hydrogen) atoms. The van der Waals surface area contributed by atoms with E-state index >= 15 is 0 Å². The van der Waals surface area contributed by atoms with Gasteiger partial charge in [0.25, 0.3) is 0 Å². The van der Waals surface area contributed by atoms with Crippen molar-refractivity contribution in [2.45, 2.75) is 6.10 Å². The molecule has 1 aromatic rings. The Balaban J connectivity index is 2.89. The fourth-order valence-corrected chi connectivity index (χ4v) is 0.897. The second-order valence-corrected chi connectivity index (χ2v) is 2.63. The summed E-state index contributed by atoms with van der Waals surface area (Å²) in [6, 6.07) is 6.89. The SMILES string of the molecule is [CH]=CC(O)c1ccc(Cl)cc1. The maximum Gasteiger partial charge on any atom is 0.0974 e. The first kappa shape index (κ1) is 8.31. The van der Waals surface area contributed by atoms with Crippen molar-refractivity contribution in [1.29, 1.82) is 0 Å². The molecule has 0 aliphatic heterocycles. The normalized spacial score (nSPS) is 12.5. The van der Waals surface area contributed by atoms with Gasteiger partial charge in [0.2, 0.25) is 0 Å². The highest BCUT2D eigenvalue weighted by Crippen LogP contribution is 2.16. The van der Waals surface area contributed by atoms with Crippen LogP contribution in [0.3, 0.4) is 0 Å². The molecule has 0 aromatic heterocycles. The van der Waals surface area contributed by atoms with Gasteiger partial charge in [0.1, 0.15) is 0 Å². The van der Waals surface area contributed by atoms with Gasteiger partial charge in [-0.1, -0.05) is 36.4 Å². The average Bonchev–Trinajstić information content (AvgIpc) is 2.05. The fourth-order valence-electron chi connectivity index (χ4n) is 0.771. The van der Waals surface area contributed by atoms with Gasteiger partial charge in [-0.25, -0.2) is 0 Å². The van der Waals surface area contributed by atoms with Gasteiger partial charge in [-0.3, -0.25) is 0 Å². The third kappa shape index (κ3) is 2.07. The zero-order valence-electron chi connectivity index (χ0n) is 5.87. The minimum absolute atomic E-state index is 0.651. The molecule has 0 aliphatic rings. The maximum atomic E-state index is 9.20. The zero-order chi connectivity index (χ0) is 8.27. The van der Waals surface area contributed by atoms with Gasteiger partial charge >= 0.3 is 0 Å². The lowest BCUT2D eigenvalue weighted by molar-refractivity contribution is 0.229. The summed E-state index contributed by atoms with van der Waals surface area (Å²) in [5, 5.41) is 9.85. The van der Waals surface area contributed by atoms with Crippen LogP contribution in [-0.4, -0.2) is 5.11 Å². The highest BCUT2D eigenvalue weighted by Gasteiger charge is 2.00. The van der Waals surface area contributed by atoms with E-state index in [1.807, 2.05) is 0 Å². The minimum atomic E-state index is -0.702. The van der Waals surface area contributed by atoms with Crippen molar-refractivity contribution in [2.24, 2.45) is 0 Å². The van der Waals surface area contributed by atoms with E-state index < -0.39 is 6.10 Å². The van der Waals surface area contributed by atoms with Crippen molar-refractivity contribution in [1.82, 2.24) is 0 Å². The Hall–Kier alpha value is -0.790. The van der Waals surface area contributed by atoms with Crippen LogP contribution in [0.5, 0.6) is 0 Å². The minimum Gasteiger partial charge on any atom is -0.384 e. The molecule has 1 aromatic carbocycles. The molecule has 0 amide bonds. The van der Waals surface area contributed by atoms with Crippen molar-refractivity contribution in [3.05, 3.63) is 47.5 Å². The third-order valence-electron chi connectivity index (χ3n) is 1.39. The summed E-state index contributed by atoms with van der Waals surface area (Å²) in [6.07, 6.45) is 0.524. The summed E-state index contributed by atoms with van der Waals surface area (Å²) in [4.78, 5) is 0. The van der Waals surface area contributed by atoms with Gasteiger partial charge in [-0.15, -0.1) is 0 Å². The Morgan fingerprint density at radius 2 is 1.91 bits per heavy atom. The van der Waals surface area contributed by atoms with Crippen LogP contribution in [0.1, 0.15) is 11.7 Å². The molecule has 1 radical (unpaired) electrons. The summed E-state index contributed by atoms with van der Waals surface area (Å²) in [7, 11) is 0. The van der Waals surface area contributed by atoms with Crippen molar-refractivity contribution in [2.75, 3.05) is 0 Å². The highest BCUT2D eigenvalue weighted by molar-refractivity contribution is 6.30. The van der Waals surface area contributed by atoms with E-state index in [0.717, 1.165) is 5.56 Å². The summed E-state index contributed by atoms with van der Waals surface area (Å²) in [6.45, 7) is 5.13. The van der Waals surface area contributed by atoms with E-state index in [9.17, 15) is 5.11 Å². The van der Waals surface area contributed by atoms with Crippen molar-refractivity contribution >= 4 is 11.6 Å². The lowest BCUT2D eigenvalue weighted by Crippen LogP contribution is -1.90. The molecule has 1 rings (SSSR count). The number of benzene rings is 1. The zero-order valence-corrected chi connectivity index (χ0v) is 6.62. The van der Waals surface area contributed by atoms with E-state index in [0.29, 0.717) is 5.02 Å². The Labute approximate surface area is 70.9 Å². The smallest absolute Gasteiger partial charge is 0.0974 e. The standard InChI is InChI=1S/C9H8ClO/c1-2-9(11)7-3-5-8(10)6-4-7/h1-6,9,11H. The van der Waals surface area contributed by atoms with Gasteiger partial charge in [0.05, 0.1) is 6.10 Å². The molecule has 0 bridgehead atoms. The average molecular weight is 168 g/mol. The van der Waals surface area contributed by atoms with Crippen LogP contribution in [0, 0.1) is 6.58 Å². The summed E-state index contributed by atoms with van der Waals surface area (Å²) < 4.78 is 0. The van der Waals surface area contributed by atoms with E-state index in [1.54, 1.807) is 24.3 Å². The van der Waals surface area contributed by atoms with E-state index in [2.05, 4.69) is 0 Å². The van der Waals surface area contributed by atoms with E-state index in [1.165, 1.54) is 6.08 Å². The Bertz CT molecular complexity index is 240. The lowest BCUT2D eigenvalue weighted by Gasteiger charge is -2.03. The molecular weight excluding hydrogens is 160 g/mol. The molecule has 0 saturated carbocycles. The second-order valence-electron chi connectivity index (χ2n) is 2.19. The molecule has 0 heterocycles.